The molecule has 1 rings (SSSR count). The van der Waals surface area contributed by atoms with Crippen molar-refractivity contribution in [3.05, 3.63) is 0 Å². The molecule has 0 bridgehead atoms. The predicted octanol–water partition coefficient (Wildman–Crippen LogP) is 1.79. The third-order valence-electron chi connectivity index (χ3n) is 2.99. The van der Waals surface area contributed by atoms with E-state index >= 15 is 0 Å². The third-order valence-corrected chi connectivity index (χ3v) is 2.99. The number of rotatable bonds is 7. The number of likely N-dealkylation sites (tertiary alicyclic amines) is 1. The number of carboxylic acid groups (broad SMARTS) is 1. The lowest BCUT2D eigenvalue weighted by atomic mass is 9.97. The largest absolute Gasteiger partial charge is 0.481 e. The summed E-state index contributed by atoms with van der Waals surface area (Å²) in [6, 6.07) is 0. The molecular weight excluding hydrogens is 265 g/mol. The first-order valence-corrected chi connectivity index (χ1v) is 5.76. The van der Waals surface area contributed by atoms with Crippen LogP contribution in [0.15, 0.2) is 0 Å². The SMILES string of the molecule is CCCCC(CCN1CC(O)C1)C(=O)O.Cl.Cl. The van der Waals surface area contributed by atoms with E-state index in [4.69, 9.17) is 10.2 Å². The molecule has 0 saturated carbocycles. The van der Waals surface area contributed by atoms with Gasteiger partial charge in [-0.1, -0.05) is 19.8 Å². The molecule has 4 nitrogen and oxygen atoms in total. The molecule has 0 radical (unpaired) electrons. The number of halogens is 2. The van der Waals surface area contributed by atoms with Gasteiger partial charge in [0, 0.05) is 13.1 Å². The van der Waals surface area contributed by atoms with Gasteiger partial charge < -0.3 is 10.2 Å². The summed E-state index contributed by atoms with van der Waals surface area (Å²) in [6.45, 7) is 4.29. The summed E-state index contributed by atoms with van der Waals surface area (Å²) in [5.74, 6) is -0.882. The van der Waals surface area contributed by atoms with Crippen LogP contribution in [0, 0.1) is 5.92 Å². The number of aliphatic hydroxyl groups excluding tert-OH is 1. The van der Waals surface area contributed by atoms with Gasteiger partial charge in [0.1, 0.15) is 0 Å². The fraction of sp³-hybridized carbons (Fsp3) is 0.909. The van der Waals surface area contributed by atoms with E-state index in [9.17, 15) is 4.79 Å². The zero-order chi connectivity index (χ0) is 11.3. The van der Waals surface area contributed by atoms with Crippen LogP contribution in [0.4, 0.5) is 0 Å². The Morgan fingerprint density at radius 2 is 1.94 bits per heavy atom. The van der Waals surface area contributed by atoms with Crippen molar-refractivity contribution in [1.29, 1.82) is 0 Å². The summed E-state index contributed by atoms with van der Waals surface area (Å²) in [4.78, 5) is 13.0. The first-order valence-electron chi connectivity index (χ1n) is 5.76. The van der Waals surface area contributed by atoms with Gasteiger partial charge in [0.2, 0.25) is 0 Å². The number of aliphatic hydroxyl groups is 1. The van der Waals surface area contributed by atoms with E-state index in [1.54, 1.807) is 0 Å². The average Bonchev–Trinajstić information content (AvgIpc) is 2.14. The van der Waals surface area contributed by atoms with Crippen LogP contribution in [0.5, 0.6) is 0 Å². The summed E-state index contributed by atoms with van der Waals surface area (Å²) >= 11 is 0. The minimum atomic E-state index is -0.676. The zero-order valence-corrected chi connectivity index (χ0v) is 11.8. The molecule has 104 valence electrons. The third kappa shape index (κ3) is 7.09. The Hall–Kier alpha value is -0.0300. The van der Waals surface area contributed by atoms with Gasteiger partial charge in [-0.15, -0.1) is 24.8 Å². The molecule has 2 N–H and O–H groups in total. The molecule has 0 spiro atoms. The molecule has 1 unspecified atom stereocenters. The van der Waals surface area contributed by atoms with Crippen LogP contribution in [0.3, 0.4) is 0 Å². The molecule has 1 saturated heterocycles. The van der Waals surface area contributed by atoms with Crippen LogP contribution in [0.2, 0.25) is 0 Å². The fourth-order valence-corrected chi connectivity index (χ4v) is 1.91. The molecular formula is C11H23Cl2NO3. The smallest absolute Gasteiger partial charge is 0.306 e. The molecule has 0 aromatic rings. The summed E-state index contributed by atoms with van der Waals surface area (Å²) < 4.78 is 0. The number of β-amino-alcohol motifs (C(OH)–C–C–N with tert-alkyl or cyclic N) is 1. The Morgan fingerprint density at radius 1 is 1.35 bits per heavy atom. The molecule has 0 aliphatic carbocycles. The number of carboxylic acids is 1. The van der Waals surface area contributed by atoms with Gasteiger partial charge in [0.15, 0.2) is 0 Å². The molecule has 1 fully saturated rings. The highest BCUT2D eigenvalue weighted by Gasteiger charge is 2.25. The standard InChI is InChI=1S/C11H21NO3.2ClH/c1-2-3-4-9(11(14)15)5-6-12-7-10(13)8-12;;/h9-10,13H,2-8H2,1H3,(H,14,15);2*1H. The summed E-state index contributed by atoms with van der Waals surface area (Å²) in [6.07, 6.45) is 3.33. The minimum absolute atomic E-state index is 0. The van der Waals surface area contributed by atoms with E-state index in [2.05, 4.69) is 11.8 Å². The highest BCUT2D eigenvalue weighted by molar-refractivity contribution is 5.85. The maximum atomic E-state index is 10.9. The quantitative estimate of drug-likeness (QED) is 0.750. The van der Waals surface area contributed by atoms with Crippen molar-refractivity contribution in [2.75, 3.05) is 19.6 Å². The first kappa shape index (κ1) is 19.3. The maximum Gasteiger partial charge on any atom is 0.306 e. The number of hydrogen-bond acceptors (Lipinski definition) is 3. The zero-order valence-electron chi connectivity index (χ0n) is 10.2. The van der Waals surface area contributed by atoms with Crippen molar-refractivity contribution < 1.29 is 15.0 Å². The molecule has 1 aliphatic rings. The van der Waals surface area contributed by atoms with Gasteiger partial charge >= 0.3 is 5.97 Å². The van der Waals surface area contributed by atoms with Gasteiger partial charge in [0.25, 0.3) is 0 Å². The number of carbonyl (C=O) groups is 1. The first-order chi connectivity index (χ1) is 7.13. The monoisotopic (exact) mass is 287 g/mol. The van der Waals surface area contributed by atoms with Crippen LogP contribution in [0.1, 0.15) is 32.6 Å². The summed E-state index contributed by atoms with van der Waals surface area (Å²) in [5.41, 5.74) is 0. The highest BCUT2D eigenvalue weighted by Crippen LogP contribution is 2.16. The van der Waals surface area contributed by atoms with Gasteiger partial charge in [-0.3, -0.25) is 9.69 Å². The van der Waals surface area contributed by atoms with Crippen molar-refractivity contribution in [3.63, 3.8) is 0 Å². The van der Waals surface area contributed by atoms with Crippen LogP contribution in [-0.4, -0.2) is 46.8 Å². The average molecular weight is 288 g/mol. The topological polar surface area (TPSA) is 60.8 Å². The number of unbranched alkanes of at least 4 members (excludes halogenated alkanes) is 1. The van der Waals surface area contributed by atoms with Crippen LogP contribution < -0.4 is 0 Å². The Labute approximate surface area is 115 Å². The Morgan fingerprint density at radius 3 is 2.35 bits per heavy atom. The van der Waals surface area contributed by atoms with Crippen LogP contribution in [0.25, 0.3) is 0 Å². The Balaban J connectivity index is 0. The second kappa shape index (κ2) is 9.95. The van der Waals surface area contributed by atoms with Crippen LogP contribution in [-0.2, 0) is 4.79 Å². The van der Waals surface area contributed by atoms with E-state index < -0.39 is 5.97 Å². The lowest BCUT2D eigenvalue weighted by Crippen LogP contribution is -2.51. The summed E-state index contributed by atoms with van der Waals surface area (Å²) in [5, 5.41) is 18.1. The summed E-state index contributed by atoms with van der Waals surface area (Å²) in [7, 11) is 0. The molecule has 0 aromatic carbocycles. The lowest BCUT2D eigenvalue weighted by Gasteiger charge is -2.36. The maximum absolute atomic E-state index is 10.9. The normalized spacial score (nSPS) is 17.5. The lowest BCUT2D eigenvalue weighted by molar-refractivity contribution is -0.142. The van der Waals surface area contributed by atoms with Crippen LogP contribution >= 0.6 is 24.8 Å². The van der Waals surface area contributed by atoms with Gasteiger partial charge in [-0.25, -0.2) is 0 Å². The van der Waals surface area contributed by atoms with Crippen molar-refractivity contribution in [3.8, 4) is 0 Å². The number of nitrogens with zero attached hydrogens (tertiary/aromatic N) is 1. The highest BCUT2D eigenvalue weighted by atomic mass is 35.5. The molecule has 0 aromatic heterocycles. The number of aliphatic carboxylic acids is 1. The van der Waals surface area contributed by atoms with Crippen molar-refractivity contribution in [2.45, 2.75) is 38.7 Å². The molecule has 1 heterocycles. The number of hydrogen-bond donors (Lipinski definition) is 2. The Bertz CT molecular complexity index is 211. The van der Waals surface area contributed by atoms with E-state index in [1.807, 2.05) is 0 Å². The van der Waals surface area contributed by atoms with Crippen molar-refractivity contribution in [2.24, 2.45) is 5.92 Å². The molecule has 1 atom stereocenters. The van der Waals surface area contributed by atoms with Gasteiger partial charge in [-0.2, -0.15) is 0 Å². The molecule has 0 amide bonds. The van der Waals surface area contributed by atoms with Gasteiger partial charge in [0.05, 0.1) is 12.0 Å². The fourth-order valence-electron chi connectivity index (χ4n) is 1.91. The van der Waals surface area contributed by atoms with Crippen molar-refractivity contribution >= 4 is 30.8 Å². The predicted molar refractivity (Wildman–Crippen MR) is 72.2 cm³/mol. The molecule has 1 aliphatic heterocycles. The van der Waals surface area contributed by atoms with E-state index in [1.165, 1.54) is 0 Å². The minimum Gasteiger partial charge on any atom is -0.481 e. The van der Waals surface area contributed by atoms with E-state index in [0.717, 1.165) is 25.8 Å². The Kier molecular flexibility index (Phi) is 11.3. The van der Waals surface area contributed by atoms with E-state index in [0.29, 0.717) is 19.5 Å². The van der Waals surface area contributed by atoms with E-state index in [-0.39, 0.29) is 36.8 Å². The van der Waals surface area contributed by atoms with Crippen molar-refractivity contribution in [1.82, 2.24) is 4.90 Å². The van der Waals surface area contributed by atoms with Gasteiger partial charge in [-0.05, 0) is 19.4 Å². The second-order valence-corrected chi connectivity index (χ2v) is 4.38. The molecule has 17 heavy (non-hydrogen) atoms. The second-order valence-electron chi connectivity index (χ2n) is 4.38. The molecule has 6 heteroatoms.